The number of aliphatic hydroxyl groups excluding tert-OH is 2. The Labute approximate surface area is 175 Å². The van der Waals surface area contributed by atoms with Gasteiger partial charge in [0.2, 0.25) is 0 Å². The number of hydrogen-bond donors (Lipinski definition) is 3. The van der Waals surface area contributed by atoms with Crippen molar-refractivity contribution in [3.05, 3.63) is 89.8 Å². The van der Waals surface area contributed by atoms with Crippen LogP contribution < -0.4 is 5.32 Å². The molecule has 0 radical (unpaired) electrons. The third-order valence-corrected chi connectivity index (χ3v) is 4.82. The largest absolute Gasteiger partial charge is 0.441 e. The summed E-state index contributed by atoms with van der Waals surface area (Å²) >= 11 is 0. The maximum absolute atomic E-state index is 12.2. The van der Waals surface area contributed by atoms with Crippen LogP contribution in [0.3, 0.4) is 0 Å². The first-order chi connectivity index (χ1) is 14.6. The second-order valence-corrected chi connectivity index (χ2v) is 7.06. The minimum atomic E-state index is -1.01. The molecule has 0 aliphatic carbocycles. The molecule has 3 aromatic rings. The van der Waals surface area contributed by atoms with E-state index in [0.29, 0.717) is 18.6 Å². The fourth-order valence-corrected chi connectivity index (χ4v) is 3.15. The van der Waals surface area contributed by atoms with Crippen LogP contribution in [-0.4, -0.2) is 33.7 Å². The minimum Gasteiger partial charge on any atom is -0.441 e. The van der Waals surface area contributed by atoms with Gasteiger partial charge in [0.05, 0.1) is 24.4 Å². The van der Waals surface area contributed by atoms with E-state index in [1.54, 1.807) is 6.07 Å². The summed E-state index contributed by atoms with van der Waals surface area (Å²) in [5, 5.41) is 27.3. The molecule has 0 fully saturated rings. The lowest BCUT2D eigenvalue weighted by molar-refractivity contribution is 0.00391. The maximum atomic E-state index is 12.2. The molecule has 0 saturated carbocycles. The summed E-state index contributed by atoms with van der Waals surface area (Å²) in [5.41, 5.74) is 1.90. The number of carbonyl (C=O) groups is 1. The molecule has 1 amide bonds. The number of benzene rings is 2. The summed E-state index contributed by atoms with van der Waals surface area (Å²) in [4.78, 5) is 12.2. The fraction of sp³-hybridized carbons (Fsp3) is 0.304. The third-order valence-electron chi connectivity index (χ3n) is 4.82. The van der Waals surface area contributed by atoms with E-state index in [4.69, 9.17) is 9.26 Å². The summed E-state index contributed by atoms with van der Waals surface area (Å²) < 4.78 is 10.1. The summed E-state index contributed by atoms with van der Waals surface area (Å²) in [6.45, 7) is -0.0460. The lowest BCUT2D eigenvalue weighted by Gasteiger charge is -2.25. The van der Waals surface area contributed by atoms with Gasteiger partial charge in [-0.15, -0.1) is 0 Å². The Bertz CT molecular complexity index is 871. The number of nitrogens with zero attached hydrogens (tertiary/aromatic N) is 1. The molecule has 158 valence electrons. The molecule has 0 spiro atoms. The Morgan fingerprint density at radius 3 is 2.37 bits per heavy atom. The van der Waals surface area contributed by atoms with Gasteiger partial charge >= 0.3 is 6.09 Å². The number of alkyl carbamates (subject to hydrolysis) is 1. The van der Waals surface area contributed by atoms with Crippen molar-refractivity contribution in [2.24, 2.45) is 0 Å². The van der Waals surface area contributed by atoms with E-state index >= 15 is 0 Å². The van der Waals surface area contributed by atoms with Crippen LogP contribution in [0.15, 0.2) is 77.4 Å². The fourth-order valence-electron chi connectivity index (χ4n) is 3.15. The highest BCUT2D eigenvalue weighted by Gasteiger charge is 2.24. The second kappa shape index (κ2) is 11.1. The van der Waals surface area contributed by atoms with Crippen LogP contribution >= 0.6 is 0 Å². The summed E-state index contributed by atoms with van der Waals surface area (Å²) in [5.74, 6) is 0.429. The van der Waals surface area contributed by atoms with Gasteiger partial charge in [-0.3, -0.25) is 0 Å². The van der Waals surface area contributed by atoms with Crippen LogP contribution in [0.1, 0.15) is 35.8 Å². The molecule has 7 nitrogen and oxygen atoms in total. The van der Waals surface area contributed by atoms with Crippen molar-refractivity contribution in [1.82, 2.24) is 10.5 Å². The predicted octanol–water partition coefficient (Wildman–Crippen LogP) is 3.39. The number of rotatable bonds is 10. The van der Waals surface area contributed by atoms with E-state index in [1.165, 1.54) is 6.20 Å². The van der Waals surface area contributed by atoms with Crippen LogP contribution in [0.25, 0.3) is 0 Å². The van der Waals surface area contributed by atoms with E-state index in [9.17, 15) is 15.0 Å². The van der Waals surface area contributed by atoms with Gasteiger partial charge in [0.1, 0.15) is 0 Å². The zero-order valence-electron chi connectivity index (χ0n) is 16.6. The number of amides is 1. The number of aryl methyl sites for hydroxylation is 1. The van der Waals surface area contributed by atoms with Crippen molar-refractivity contribution in [2.75, 3.05) is 0 Å². The van der Waals surface area contributed by atoms with Crippen molar-refractivity contribution in [3.63, 3.8) is 0 Å². The molecule has 0 aliphatic rings. The third kappa shape index (κ3) is 6.72. The van der Waals surface area contributed by atoms with Gasteiger partial charge in [-0.25, -0.2) is 4.79 Å². The number of hydrogen-bond acceptors (Lipinski definition) is 6. The normalized spacial score (nSPS) is 13.9. The highest BCUT2D eigenvalue weighted by molar-refractivity contribution is 5.67. The average molecular weight is 410 g/mol. The first-order valence-corrected chi connectivity index (χ1v) is 9.89. The average Bonchev–Trinajstić information content (AvgIpc) is 3.30. The molecular weight excluding hydrogens is 384 g/mol. The number of carbonyl (C=O) groups excluding carboxylic acids is 1. The molecule has 0 bridgehead atoms. The maximum Gasteiger partial charge on any atom is 0.408 e. The summed E-state index contributed by atoms with van der Waals surface area (Å²) in [7, 11) is 0. The van der Waals surface area contributed by atoms with Crippen LogP contribution in [0.5, 0.6) is 0 Å². The number of ether oxygens (including phenoxy) is 1. The van der Waals surface area contributed by atoms with E-state index in [1.807, 2.05) is 60.7 Å². The van der Waals surface area contributed by atoms with Gasteiger partial charge in [0, 0.05) is 12.5 Å². The molecule has 3 rings (SSSR count). The van der Waals surface area contributed by atoms with Gasteiger partial charge < -0.3 is 24.8 Å². The molecule has 2 aromatic carbocycles. The Hall–Kier alpha value is -3.16. The first kappa shape index (κ1) is 21.5. The van der Waals surface area contributed by atoms with Gasteiger partial charge in [-0.2, -0.15) is 0 Å². The molecule has 1 heterocycles. The lowest BCUT2D eigenvalue weighted by Crippen LogP contribution is -2.35. The summed E-state index contributed by atoms with van der Waals surface area (Å²) in [6.07, 6.45) is 0.126. The van der Waals surface area contributed by atoms with Crippen molar-refractivity contribution in [3.8, 4) is 0 Å². The van der Waals surface area contributed by atoms with Gasteiger partial charge in [-0.05, 0) is 24.0 Å². The lowest BCUT2D eigenvalue weighted by atomic mass is 9.95. The Morgan fingerprint density at radius 1 is 1.00 bits per heavy atom. The zero-order valence-corrected chi connectivity index (χ0v) is 16.6. The molecule has 3 atom stereocenters. The molecule has 30 heavy (non-hydrogen) atoms. The van der Waals surface area contributed by atoms with Crippen molar-refractivity contribution < 1.29 is 24.3 Å². The van der Waals surface area contributed by atoms with Gasteiger partial charge in [0.25, 0.3) is 0 Å². The van der Waals surface area contributed by atoms with Crippen molar-refractivity contribution in [1.29, 1.82) is 0 Å². The molecule has 0 saturated heterocycles. The quantitative estimate of drug-likeness (QED) is 0.473. The smallest absolute Gasteiger partial charge is 0.408 e. The Balaban J connectivity index is 1.56. The van der Waals surface area contributed by atoms with E-state index in [2.05, 4.69) is 10.5 Å². The molecule has 3 unspecified atom stereocenters. The van der Waals surface area contributed by atoms with Crippen LogP contribution in [0, 0.1) is 0 Å². The number of aromatic nitrogens is 1. The van der Waals surface area contributed by atoms with E-state index < -0.39 is 24.3 Å². The Kier molecular flexibility index (Phi) is 8.00. The van der Waals surface area contributed by atoms with E-state index in [0.717, 1.165) is 11.1 Å². The Morgan fingerprint density at radius 2 is 1.70 bits per heavy atom. The molecule has 3 N–H and O–H groups in total. The van der Waals surface area contributed by atoms with Crippen LogP contribution in [0.4, 0.5) is 4.79 Å². The molecular formula is C23H26N2O5. The SMILES string of the molecule is O=C(NC(CC(O)C(O)CCc1ccccc1)c1ccccc1)OCc1ccno1. The highest BCUT2D eigenvalue weighted by Crippen LogP contribution is 2.21. The predicted molar refractivity (Wildman–Crippen MR) is 110 cm³/mol. The highest BCUT2D eigenvalue weighted by atomic mass is 16.6. The van der Waals surface area contributed by atoms with Gasteiger partial charge in [0.15, 0.2) is 12.4 Å². The van der Waals surface area contributed by atoms with Crippen molar-refractivity contribution >= 4 is 6.09 Å². The van der Waals surface area contributed by atoms with Crippen LogP contribution in [0.2, 0.25) is 0 Å². The summed E-state index contributed by atoms with van der Waals surface area (Å²) in [6, 6.07) is 20.1. The van der Waals surface area contributed by atoms with E-state index in [-0.39, 0.29) is 13.0 Å². The second-order valence-electron chi connectivity index (χ2n) is 7.06. The van der Waals surface area contributed by atoms with Crippen molar-refractivity contribution in [2.45, 2.75) is 44.1 Å². The molecule has 7 heteroatoms. The minimum absolute atomic E-state index is 0.0460. The molecule has 0 aliphatic heterocycles. The topological polar surface area (TPSA) is 105 Å². The first-order valence-electron chi connectivity index (χ1n) is 9.89. The monoisotopic (exact) mass is 410 g/mol. The zero-order chi connectivity index (χ0) is 21.2. The standard InChI is InChI=1S/C23H26N2O5/c26-21(12-11-17-7-3-1-4-8-17)22(27)15-20(18-9-5-2-6-10-18)25-23(28)29-16-19-13-14-24-30-19/h1-10,13-14,20-22,26-27H,11-12,15-16H2,(H,25,28). The number of nitrogens with one attached hydrogen (secondary N) is 1. The number of aliphatic hydroxyl groups is 2. The van der Waals surface area contributed by atoms with Crippen LogP contribution in [-0.2, 0) is 17.8 Å². The molecule has 1 aromatic heterocycles. The van der Waals surface area contributed by atoms with Gasteiger partial charge in [-0.1, -0.05) is 65.8 Å².